The zero-order valence-electron chi connectivity index (χ0n) is 13.9. The first-order chi connectivity index (χ1) is 13.0. The fraction of sp³-hybridized carbons (Fsp3) is 0.0526. The molecule has 0 bridgehead atoms. The van der Waals surface area contributed by atoms with Crippen molar-refractivity contribution in [1.82, 2.24) is 15.3 Å². The Labute approximate surface area is 153 Å². The molecule has 0 saturated heterocycles. The second-order valence-corrected chi connectivity index (χ2v) is 5.52. The average Bonchev–Trinajstić information content (AvgIpc) is 2.70. The first-order valence-corrected chi connectivity index (χ1v) is 7.93. The average molecular weight is 368 g/mol. The van der Waals surface area contributed by atoms with Gasteiger partial charge in [-0.1, -0.05) is 6.07 Å². The van der Waals surface area contributed by atoms with Gasteiger partial charge >= 0.3 is 0 Å². The maximum Gasteiger partial charge on any atom is 0.274 e. The number of hydrogen-bond acceptors (Lipinski definition) is 4. The van der Waals surface area contributed by atoms with E-state index >= 15 is 0 Å². The molecule has 8 heteroatoms. The smallest absolute Gasteiger partial charge is 0.274 e. The van der Waals surface area contributed by atoms with Crippen molar-refractivity contribution in [3.63, 3.8) is 0 Å². The summed E-state index contributed by atoms with van der Waals surface area (Å²) in [5.74, 6) is -3.15. The summed E-state index contributed by atoms with van der Waals surface area (Å²) in [6.45, 7) is 0.235. The highest BCUT2D eigenvalue weighted by Gasteiger charge is 2.13. The van der Waals surface area contributed by atoms with E-state index in [1.165, 1.54) is 24.4 Å². The van der Waals surface area contributed by atoms with Gasteiger partial charge in [-0.3, -0.25) is 19.6 Å². The number of rotatable bonds is 5. The number of carbonyl (C=O) groups is 2. The molecule has 27 heavy (non-hydrogen) atoms. The maximum atomic E-state index is 13.2. The normalized spacial score (nSPS) is 10.3. The van der Waals surface area contributed by atoms with Crippen molar-refractivity contribution >= 4 is 17.5 Å². The van der Waals surface area contributed by atoms with Crippen LogP contribution in [0.3, 0.4) is 0 Å². The van der Waals surface area contributed by atoms with Crippen LogP contribution in [0.15, 0.2) is 60.9 Å². The zero-order valence-corrected chi connectivity index (χ0v) is 13.9. The molecule has 0 aliphatic rings. The van der Waals surface area contributed by atoms with Gasteiger partial charge in [0.05, 0.1) is 12.2 Å². The van der Waals surface area contributed by atoms with E-state index in [2.05, 4.69) is 20.6 Å². The molecule has 2 heterocycles. The van der Waals surface area contributed by atoms with Gasteiger partial charge in [-0.2, -0.15) is 0 Å². The van der Waals surface area contributed by atoms with Crippen LogP contribution < -0.4 is 10.6 Å². The molecule has 1 aromatic carbocycles. The monoisotopic (exact) mass is 368 g/mol. The molecule has 0 spiro atoms. The van der Waals surface area contributed by atoms with Gasteiger partial charge < -0.3 is 10.6 Å². The van der Waals surface area contributed by atoms with Gasteiger partial charge in [-0.05, 0) is 36.4 Å². The largest absolute Gasteiger partial charge is 0.346 e. The van der Waals surface area contributed by atoms with Crippen molar-refractivity contribution in [2.75, 3.05) is 5.32 Å². The predicted octanol–water partition coefficient (Wildman–Crippen LogP) is 2.94. The first-order valence-electron chi connectivity index (χ1n) is 7.93. The Hall–Kier alpha value is -3.68. The molecule has 2 N–H and O–H groups in total. The zero-order chi connectivity index (χ0) is 19.2. The number of hydrogen-bond donors (Lipinski definition) is 2. The Morgan fingerprint density at radius 2 is 1.74 bits per heavy atom. The molecule has 0 unspecified atom stereocenters. The van der Waals surface area contributed by atoms with E-state index in [-0.39, 0.29) is 23.5 Å². The standard InChI is InChI=1S/C19H14F2N4O2/c20-15-5-4-13(10-16(15)21)25-19(27)17-9-12(6-8-23-17)18(26)24-11-14-3-1-2-7-22-14/h1-10H,11H2,(H,24,26)(H,25,27). The van der Waals surface area contributed by atoms with Crippen LogP contribution in [0.5, 0.6) is 0 Å². The van der Waals surface area contributed by atoms with E-state index in [4.69, 9.17) is 0 Å². The fourth-order valence-corrected chi connectivity index (χ4v) is 2.24. The number of aromatic nitrogens is 2. The van der Waals surface area contributed by atoms with Crippen LogP contribution in [0.25, 0.3) is 0 Å². The fourth-order valence-electron chi connectivity index (χ4n) is 2.24. The van der Waals surface area contributed by atoms with Gasteiger partial charge in [-0.25, -0.2) is 8.78 Å². The third kappa shape index (κ3) is 4.69. The molecule has 3 rings (SSSR count). The maximum absolute atomic E-state index is 13.2. The van der Waals surface area contributed by atoms with Crippen LogP contribution in [0.4, 0.5) is 14.5 Å². The molecule has 2 amide bonds. The molecule has 0 saturated carbocycles. The van der Waals surface area contributed by atoms with Gasteiger partial charge in [0.2, 0.25) is 0 Å². The molecule has 6 nitrogen and oxygen atoms in total. The van der Waals surface area contributed by atoms with Crippen LogP contribution in [-0.4, -0.2) is 21.8 Å². The van der Waals surface area contributed by atoms with Crippen molar-refractivity contribution in [2.24, 2.45) is 0 Å². The van der Waals surface area contributed by atoms with E-state index in [1.807, 2.05) is 6.07 Å². The number of amides is 2. The van der Waals surface area contributed by atoms with E-state index in [1.54, 1.807) is 18.3 Å². The summed E-state index contributed by atoms with van der Waals surface area (Å²) in [7, 11) is 0. The Bertz CT molecular complexity index is 980. The molecule has 0 fully saturated rings. The molecule has 3 aromatic rings. The third-order valence-corrected chi connectivity index (χ3v) is 3.59. The first kappa shape index (κ1) is 18.1. The number of anilines is 1. The van der Waals surface area contributed by atoms with Crippen LogP contribution >= 0.6 is 0 Å². The highest BCUT2D eigenvalue weighted by Crippen LogP contribution is 2.14. The van der Waals surface area contributed by atoms with Crippen LogP contribution in [0.2, 0.25) is 0 Å². The second kappa shape index (κ2) is 8.13. The number of carbonyl (C=O) groups excluding carboxylic acids is 2. The minimum Gasteiger partial charge on any atom is -0.346 e. The lowest BCUT2D eigenvalue weighted by Gasteiger charge is -2.07. The molecule has 0 aliphatic heterocycles. The molecular formula is C19H14F2N4O2. The van der Waals surface area contributed by atoms with Crippen molar-refractivity contribution in [2.45, 2.75) is 6.54 Å². The molecule has 0 atom stereocenters. The summed E-state index contributed by atoms with van der Waals surface area (Å²) in [4.78, 5) is 32.5. The Morgan fingerprint density at radius 3 is 2.48 bits per heavy atom. The quantitative estimate of drug-likeness (QED) is 0.725. The van der Waals surface area contributed by atoms with E-state index in [9.17, 15) is 18.4 Å². The predicted molar refractivity (Wildman–Crippen MR) is 94.0 cm³/mol. The van der Waals surface area contributed by atoms with E-state index < -0.39 is 23.4 Å². The van der Waals surface area contributed by atoms with Crippen molar-refractivity contribution in [3.8, 4) is 0 Å². The number of benzene rings is 1. The van der Waals surface area contributed by atoms with Gasteiger partial charge in [0.15, 0.2) is 11.6 Å². The lowest BCUT2D eigenvalue weighted by Crippen LogP contribution is -2.24. The van der Waals surface area contributed by atoms with E-state index in [0.717, 1.165) is 12.1 Å². The van der Waals surface area contributed by atoms with Crippen LogP contribution in [0.1, 0.15) is 26.5 Å². The number of nitrogens with zero attached hydrogens (tertiary/aromatic N) is 2. The SMILES string of the molecule is O=C(NCc1ccccn1)c1ccnc(C(=O)Nc2ccc(F)c(F)c2)c1. The molecule has 136 valence electrons. The molecule has 2 aromatic heterocycles. The summed E-state index contributed by atoms with van der Waals surface area (Å²) in [6.07, 6.45) is 2.94. The Morgan fingerprint density at radius 1 is 0.889 bits per heavy atom. The van der Waals surface area contributed by atoms with Crippen molar-refractivity contribution in [1.29, 1.82) is 0 Å². The van der Waals surface area contributed by atoms with Gasteiger partial charge in [0.25, 0.3) is 11.8 Å². The number of halogens is 2. The highest BCUT2D eigenvalue weighted by molar-refractivity contribution is 6.04. The third-order valence-electron chi connectivity index (χ3n) is 3.59. The Balaban J connectivity index is 1.67. The number of pyridine rings is 2. The van der Waals surface area contributed by atoms with Crippen LogP contribution in [-0.2, 0) is 6.54 Å². The lowest BCUT2D eigenvalue weighted by atomic mass is 10.2. The summed E-state index contributed by atoms with van der Waals surface area (Å²) >= 11 is 0. The summed E-state index contributed by atoms with van der Waals surface area (Å²) in [5.41, 5.74) is 0.962. The van der Waals surface area contributed by atoms with Crippen molar-refractivity contribution in [3.05, 3.63) is 89.5 Å². The number of nitrogens with one attached hydrogen (secondary N) is 2. The molecular weight excluding hydrogens is 354 g/mol. The van der Waals surface area contributed by atoms with E-state index in [0.29, 0.717) is 5.69 Å². The minimum absolute atomic E-state index is 0.0368. The molecule has 0 aliphatic carbocycles. The highest BCUT2D eigenvalue weighted by atomic mass is 19.2. The summed E-state index contributed by atoms with van der Waals surface area (Å²) in [6, 6.07) is 11.1. The van der Waals surface area contributed by atoms with Crippen LogP contribution in [0, 0.1) is 11.6 Å². The topological polar surface area (TPSA) is 84.0 Å². The Kier molecular flexibility index (Phi) is 5.46. The molecule has 0 radical (unpaired) electrons. The summed E-state index contributed by atoms with van der Waals surface area (Å²) in [5, 5.41) is 5.09. The second-order valence-electron chi connectivity index (χ2n) is 5.52. The van der Waals surface area contributed by atoms with Gasteiger partial charge in [-0.15, -0.1) is 0 Å². The van der Waals surface area contributed by atoms with Gasteiger partial charge in [0, 0.05) is 29.7 Å². The van der Waals surface area contributed by atoms with Crippen molar-refractivity contribution < 1.29 is 18.4 Å². The van der Waals surface area contributed by atoms with Gasteiger partial charge in [0.1, 0.15) is 5.69 Å². The lowest BCUT2D eigenvalue weighted by molar-refractivity contribution is 0.0950. The summed E-state index contributed by atoms with van der Waals surface area (Å²) < 4.78 is 26.2. The minimum atomic E-state index is -1.08.